The van der Waals surface area contributed by atoms with Gasteiger partial charge in [-0.25, -0.2) is 8.78 Å². The predicted octanol–water partition coefficient (Wildman–Crippen LogP) is 9.87. The summed E-state index contributed by atoms with van der Waals surface area (Å²) in [5.74, 6) is 0.319. The van der Waals surface area contributed by atoms with Crippen molar-refractivity contribution in [3.05, 3.63) is 143 Å². The second-order valence-electron chi connectivity index (χ2n) is 18.2. The van der Waals surface area contributed by atoms with Gasteiger partial charge in [0, 0.05) is 47.6 Å². The fourth-order valence-corrected chi connectivity index (χ4v) is 9.71. The Labute approximate surface area is 364 Å². The van der Waals surface area contributed by atoms with Gasteiger partial charge in [-0.1, -0.05) is 99.5 Å². The van der Waals surface area contributed by atoms with Gasteiger partial charge in [-0.15, -0.1) is 0 Å². The maximum atomic E-state index is 15.2. The highest BCUT2D eigenvalue weighted by Crippen LogP contribution is 2.54. The predicted molar refractivity (Wildman–Crippen MR) is 236 cm³/mol. The molecular weight excluding hydrogens is 791 g/mol. The summed E-state index contributed by atoms with van der Waals surface area (Å²) in [7, 11) is 0. The van der Waals surface area contributed by atoms with E-state index in [1.54, 1.807) is 52.0 Å². The maximum absolute atomic E-state index is 15.2. The summed E-state index contributed by atoms with van der Waals surface area (Å²) in [5, 5.41) is 42.8. The Morgan fingerprint density at radius 2 is 0.984 bits per heavy atom. The van der Waals surface area contributed by atoms with Gasteiger partial charge < -0.3 is 39.4 Å². The van der Waals surface area contributed by atoms with Gasteiger partial charge in [0.05, 0.1) is 12.2 Å². The van der Waals surface area contributed by atoms with Crippen LogP contribution < -0.4 is 18.9 Å². The summed E-state index contributed by atoms with van der Waals surface area (Å²) >= 11 is 0. The fourth-order valence-electron chi connectivity index (χ4n) is 9.71. The molecule has 10 heteroatoms. The number of halogens is 2. The molecule has 4 aromatic carbocycles. The molecular formula is C52H62F2O8. The van der Waals surface area contributed by atoms with Crippen molar-refractivity contribution in [3.63, 3.8) is 0 Å². The minimum absolute atomic E-state index is 0.127. The molecule has 0 aromatic heterocycles. The zero-order chi connectivity index (χ0) is 44.3. The van der Waals surface area contributed by atoms with Gasteiger partial charge in [0.15, 0.2) is 0 Å². The van der Waals surface area contributed by atoms with Gasteiger partial charge in [-0.05, 0) is 88.1 Å². The number of hydrogen-bond acceptors (Lipinski definition) is 8. The van der Waals surface area contributed by atoms with Crippen molar-refractivity contribution >= 4 is 0 Å². The molecule has 0 amide bonds. The van der Waals surface area contributed by atoms with Crippen LogP contribution in [0.1, 0.15) is 101 Å². The van der Waals surface area contributed by atoms with E-state index in [0.717, 1.165) is 59.4 Å². The topological polar surface area (TPSA) is 118 Å². The first kappa shape index (κ1) is 45.3. The molecule has 2 aliphatic heterocycles. The lowest BCUT2D eigenvalue weighted by Crippen LogP contribution is -2.42. The van der Waals surface area contributed by atoms with Crippen molar-refractivity contribution < 1.29 is 48.2 Å². The molecule has 2 heterocycles. The minimum Gasteiger partial charge on any atom is -0.489 e. The molecule has 62 heavy (non-hydrogen) atoms. The Kier molecular flexibility index (Phi) is 13.8. The van der Waals surface area contributed by atoms with Crippen molar-refractivity contribution in [3.8, 4) is 23.0 Å². The molecule has 0 spiro atoms. The quantitative estimate of drug-likeness (QED) is 0.0991. The molecule has 2 saturated carbocycles. The lowest BCUT2D eigenvalue weighted by molar-refractivity contribution is -0.0192. The lowest BCUT2D eigenvalue weighted by atomic mass is 9.85. The van der Waals surface area contributed by atoms with Crippen LogP contribution in [-0.4, -0.2) is 68.3 Å². The summed E-state index contributed by atoms with van der Waals surface area (Å²) in [5.41, 5.74) is 2.01. The zero-order valence-electron chi connectivity index (χ0n) is 36.6. The van der Waals surface area contributed by atoms with E-state index in [4.69, 9.17) is 18.9 Å². The summed E-state index contributed by atoms with van der Waals surface area (Å²) in [6, 6.07) is 30.2. The Bertz CT molecular complexity index is 2030. The Balaban J connectivity index is 0.000000186. The summed E-state index contributed by atoms with van der Waals surface area (Å²) in [6.07, 6.45) is 2.76. The minimum atomic E-state index is -1.47. The average molecular weight is 853 g/mol. The smallest absolute Gasteiger partial charge is 0.144 e. The van der Waals surface area contributed by atoms with E-state index in [-0.39, 0.29) is 24.0 Å². The highest BCUT2D eigenvalue weighted by Gasteiger charge is 2.51. The molecule has 4 aromatic rings. The van der Waals surface area contributed by atoms with Crippen molar-refractivity contribution in [1.29, 1.82) is 0 Å². The van der Waals surface area contributed by atoms with E-state index >= 15 is 8.78 Å². The van der Waals surface area contributed by atoms with Crippen LogP contribution in [-0.2, 0) is 12.8 Å². The van der Waals surface area contributed by atoms with Crippen LogP contribution in [0.15, 0.2) is 121 Å². The molecule has 0 saturated heterocycles. The van der Waals surface area contributed by atoms with E-state index in [2.05, 4.69) is 26.0 Å². The van der Waals surface area contributed by atoms with Crippen molar-refractivity contribution in [2.75, 3.05) is 0 Å². The first-order valence-electron chi connectivity index (χ1n) is 22.1. The van der Waals surface area contributed by atoms with Gasteiger partial charge in [0.2, 0.25) is 0 Å². The van der Waals surface area contributed by atoms with E-state index in [1.165, 1.54) is 12.2 Å². The number of hydrogen-bond donors (Lipinski definition) is 4. The van der Waals surface area contributed by atoms with Crippen LogP contribution in [0.25, 0.3) is 0 Å². The maximum Gasteiger partial charge on any atom is 0.144 e. The first-order valence-corrected chi connectivity index (χ1v) is 22.1. The molecule has 4 N–H and O–H groups in total. The Hall–Kier alpha value is -4.74. The molecule has 2 aliphatic carbocycles. The molecule has 0 unspecified atom stereocenters. The van der Waals surface area contributed by atoms with E-state index in [1.807, 2.05) is 60.7 Å². The second-order valence-corrected chi connectivity index (χ2v) is 18.2. The number of ether oxygens (including phenoxy) is 4. The molecule has 332 valence electrons. The zero-order valence-corrected chi connectivity index (χ0v) is 36.6. The number of fused-ring (bicyclic) bond motifs is 6. The van der Waals surface area contributed by atoms with E-state index in [0.29, 0.717) is 24.3 Å². The van der Waals surface area contributed by atoms with Gasteiger partial charge in [0.25, 0.3) is 0 Å². The van der Waals surface area contributed by atoms with E-state index in [9.17, 15) is 20.4 Å². The van der Waals surface area contributed by atoms with Crippen LogP contribution in [0.3, 0.4) is 0 Å². The van der Waals surface area contributed by atoms with Crippen LogP contribution in [0.4, 0.5) is 8.78 Å². The van der Waals surface area contributed by atoms with Crippen molar-refractivity contribution in [2.24, 2.45) is 11.8 Å². The lowest BCUT2D eigenvalue weighted by Gasteiger charge is -2.31. The largest absolute Gasteiger partial charge is 0.489 e. The Morgan fingerprint density at radius 1 is 0.613 bits per heavy atom. The molecule has 0 radical (unpaired) electrons. The van der Waals surface area contributed by atoms with Gasteiger partial charge in [0.1, 0.15) is 70.3 Å². The van der Waals surface area contributed by atoms with Crippen LogP contribution in [0.2, 0.25) is 0 Å². The van der Waals surface area contributed by atoms with Crippen molar-refractivity contribution in [2.45, 2.75) is 140 Å². The monoisotopic (exact) mass is 852 g/mol. The van der Waals surface area contributed by atoms with Crippen LogP contribution in [0, 0.1) is 11.8 Å². The first-order chi connectivity index (χ1) is 29.6. The number of aryl methyl sites for hydroxylation is 2. The van der Waals surface area contributed by atoms with E-state index < -0.39 is 59.1 Å². The standard InChI is InChI=1S/2C26H31FO4/c2*1-4-9-16-10-8-13-18-23-19(21(28)15-22(23)30-24(16)18)14-20(27)25(29)26(2,3)31-17-11-6-5-7-12-17/h2*5-8,10-14,19,21-23,25,28-29H,4,9,15H2,1-3H3/b2*20-14-/t19-,21+,22-,23+,25+;19-,21+,22-,23+,25-/m00/s1. The van der Waals surface area contributed by atoms with Crippen LogP contribution >= 0.6 is 0 Å². The molecule has 0 bridgehead atoms. The fraction of sp³-hybridized carbons (Fsp3) is 0.462. The number of aliphatic hydroxyl groups is 4. The SMILES string of the molecule is CCCc1cccc2c1O[C@H]1C[C@@H](O)[C@H](/C=C(\F)[C@@H](O)C(C)(C)Oc3ccccc3)[C@@H]21.CCCc1cccc2c1O[C@H]1C[C@@H](O)[C@H](/C=C(\F)[C@H](O)C(C)(C)Oc3ccccc3)[C@@H]21. The van der Waals surface area contributed by atoms with Crippen LogP contribution in [0.5, 0.6) is 23.0 Å². The number of benzene rings is 4. The summed E-state index contributed by atoms with van der Waals surface area (Å²) in [6.45, 7) is 10.9. The summed E-state index contributed by atoms with van der Waals surface area (Å²) < 4.78 is 54.6. The molecule has 4 aliphatic rings. The number of para-hydroxylation sites is 4. The molecule has 10 atom stereocenters. The molecule has 8 rings (SSSR count). The number of rotatable bonds is 14. The molecule has 2 fully saturated rings. The summed E-state index contributed by atoms with van der Waals surface area (Å²) in [4.78, 5) is 0. The van der Waals surface area contributed by atoms with Gasteiger partial charge in [-0.3, -0.25) is 0 Å². The highest BCUT2D eigenvalue weighted by atomic mass is 19.1. The van der Waals surface area contributed by atoms with Crippen molar-refractivity contribution in [1.82, 2.24) is 0 Å². The third-order valence-corrected chi connectivity index (χ3v) is 12.8. The average Bonchev–Trinajstić information content (AvgIpc) is 3.97. The normalized spacial score (nSPS) is 26.2. The number of aliphatic hydroxyl groups excluding tert-OH is 4. The second kappa shape index (κ2) is 18.9. The Morgan fingerprint density at radius 3 is 1.34 bits per heavy atom. The highest BCUT2D eigenvalue weighted by molar-refractivity contribution is 5.51. The third kappa shape index (κ3) is 9.44. The third-order valence-electron chi connectivity index (χ3n) is 12.8. The van der Waals surface area contributed by atoms with Gasteiger partial charge >= 0.3 is 0 Å². The molecule has 8 nitrogen and oxygen atoms in total. The van der Waals surface area contributed by atoms with Gasteiger partial charge in [-0.2, -0.15) is 0 Å².